The number of aromatic amines is 1. The Kier molecular flexibility index (Phi) is 6.83. The van der Waals surface area contributed by atoms with Crippen molar-refractivity contribution in [2.45, 2.75) is 38.5 Å². The second-order valence-electron chi connectivity index (χ2n) is 8.70. The first kappa shape index (κ1) is 23.1. The van der Waals surface area contributed by atoms with Crippen LogP contribution in [0.25, 0.3) is 11.5 Å². The summed E-state index contributed by atoms with van der Waals surface area (Å²) in [5.41, 5.74) is 1.21. The normalized spacial score (nSPS) is 22.1. The molecule has 1 amide bonds. The zero-order valence-electron chi connectivity index (χ0n) is 17.9. The summed E-state index contributed by atoms with van der Waals surface area (Å²) in [6, 6.07) is 2.82. The van der Waals surface area contributed by atoms with E-state index in [4.69, 9.17) is 11.6 Å². The topological polar surface area (TPSA) is 108 Å². The Morgan fingerprint density at radius 3 is 2.78 bits per heavy atom. The number of nitrogens with zero attached hydrogens (tertiary/aromatic N) is 3. The molecule has 2 aromatic rings. The Bertz CT molecular complexity index is 1070. The molecule has 8 nitrogen and oxygen atoms in total. The van der Waals surface area contributed by atoms with Crippen molar-refractivity contribution in [1.82, 2.24) is 24.6 Å². The summed E-state index contributed by atoms with van der Waals surface area (Å²) >= 11 is 6.37. The van der Waals surface area contributed by atoms with Gasteiger partial charge in [-0.05, 0) is 43.2 Å². The summed E-state index contributed by atoms with van der Waals surface area (Å²) in [5, 5.41) is 3.12. The van der Waals surface area contributed by atoms with Gasteiger partial charge in [-0.25, -0.2) is 27.1 Å². The molecule has 2 N–H and O–H groups in total. The lowest BCUT2D eigenvalue weighted by molar-refractivity contribution is -0.120. The molecule has 1 aliphatic heterocycles. The standard InChI is InChI=1S/C21H27ClFN5O3S/c1-13-12-28(32(30,31)9-7-18(29)25-10-14-2-3-14)8-6-16(13)19-20(22)27-21(26-19)17-5-4-15(23)11-24-17/h4-5,11,13-14,16H,2-3,6-10,12H2,1H3,(H,25,29)(H,26,27)/t13-,16+/m0/s1. The number of halogens is 2. The van der Waals surface area contributed by atoms with Crippen molar-refractivity contribution in [3.05, 3.63) is 35.0 Å². The summed E-state index contributed by atoms with van der Waals surface area (Å²) in [4.78, 5) is 23.5. The first-order chi connectivity index (χ1) is 15.2. The zero-order chi connectivity index (χ0) is 22.9. The van der Waals surface area contributed by atoms with Crippen molar-refractivity contribution in [3.8, 4) is 11.5 Å². The smallest absolute Gasteiger partial charge is 0.221 e. The first-order valence-electron chi connectivity index (χ1n) is 10.8. The van der Waals surface area contributed by atoms with Crippen LogP contribution in [0.1, 0.15) is 44.2 Å². The molecular formula is C21H27ClFN5O3S. The number of aromatic nitrogens is 3. The number of H-pyrrole nitrogens is 1. The van der Waals surface area contributed by atoms with E-state index in [1.165, 1.54) is 16.4 Å². The maximum absolute atomic E-state index is 13.1. The molecule has 11 heteroatoms. The fraction of sp³-hybridized carbons (Fsp3) is 0.571. The SMILES string of the molecule is C[C@H]1CN(S(=O)(=O)CCC(=O)NCC2CC2)CC[C@H]1c1[nH]c(-c2ccc(F)cn2)nc1Cl. The lowest BCUT2D eigenvalue weighted by Gasteiger charge is -2.35. The van der Waals surface area contributed by atoms with E-state index in [-0.39, 0.29) is 29.9 Å². The highest BCUT2D eigenvalue weighted by molar-refractivity contribution is 7.89. The van der Waals surface area contributed by atoms with Crippen LogP contribution >= 0.6 is 11.6 Å². The van der Waals surface area contributed by atoms with Gasteiger partial charge in [0.15, 0.2) is 11.0 Å². The van der Waals surface area contributed by atoms with Gasteiger partial charge in [0.05, 0.1) is 17.6 Å². The van der Waals surface area contributed by atoms with Crippen molar-refractivity contribution < 1.29 is 17.6 Å². The molecule has 0 spiro atoms. The van der Waals surface area contributed by atoms with Gasteiger partial charge >= 0.3 is 0 Å². The van der Waals surface area contributed by atoms with Crippen LogP contribution in [0.4, 0.5) is 4.39 Å². The third-order valence-corrected chi connectivity index (χ3v) is 8.29. The molecule has 0 unspecified atom stereocenters. The minimum absolute atomic E-state index is 0.00233. The van der Waals surface area contributed by atoms with Crippen LogP contribution in [0.2, 0.25) is 5.15 Å². The Morgan fingerprint density at radius 2 is 2.12 bits per heavy atom. The van der Waals surface area contributed by atoms with Crippen LogP contribution in [0.5, 0.6) is 0 Å². The highest BCUT2D eigenvalue weighted by atomic mass is 35.5. The van der Waals surface area contributed by atoms with E-state index in [9.17, 15) is 17.6 Å². The number of pyridine rings is 1. The maximum atomic E-state index is 13.1. The molecule has 1 saturated heterocycles. The minimum Gasteiger partial charge on any atom is -0.356 e. The third kappa shape index (κ3) is 5.47. The van der Waals surface area contributed by atoms with Gasteiger partial charge < -0.3 is 10.3 Å². The van der Waals surface area contributed by atoms with Crippen molar-refractivity contribution >= 4 is 27.5 Å². The molecule has 0 radical (unpaired) electrons. The number of sulfonamides is 1. The summed E-state index contributed by atoms with van der Waals surface area (Å²) in [6.45, 7) is 3.31. The lowest BCUT2D eigenvalue weighted by Crippen LogP contribution is -2.43. The van der Waals surface area contributed by atoms with Crippen molar-refractivity contribution in [1.29, 1.82) is 0 Å². The average Bonchev–Trinajstić information content (AvgIpc) is 3.52. The molecule has 32 heavy (non-hydrogen) atoms. The monoisotopic (exact) mass is 483 g/mol. The van der Waals surface area contributed by atoms with E-state index in [0.29, 0.717) is 48.6 Å². The van der Waals surface area contributed by atoms with Gasteiger partial charge in [0.25, 0.3) is 0 Å². The molecule has 4 rings (SSSR count). The Balaban J connectivity index is 1.36. The number of carbonyl (C=O) groups is 1. The number of hydrogen-bond acceptors (Lipinski definition) is 5. The Hall–Kier alpha value is -2.04. The molecule has 0 aromatic carbocycles. The molecule has 1 aliphatic carbocycles. The zero-order valence-corrected chi connectivity index (χ0v) is 19.4. The van der Waals surface area contributed by atoms with Gasteiger partial charge in [-0.1, -0.05) is 18.5 Å². The van der Waals surface area contributed by atoms with Crippen molar-refractivity contribution in [2.24, 2.45) is 11.8 Å². The van der Waals surface area contributed by atoms with Gasteiger partial charge in [-0.3, -0.25) is 4.79 Å². The van der Waals surface area contributed by atoms with Crippen LogP contribution in [0.15, 0.2) is 18.3 Å². The largest absolute Gasteiger partial charge is 0.356 e. The Morgan fingerprint density at radius 1 is 1.34 bits per heavy atom. The molecule has 2 aromatic heterocycles. The predicted molar refractivity (Wildman–Crippen MR) is 119 cm³/mol. The fourth-order valence-corrected chi connectivity index (χ4v) is 5.88. The number of carbonyl (C=O) groups excluding carboxylic acids is 1. The molecule has 0 bridgehead atoms. The molecule has 3 heterocycles. The second kappa shape index (κ2) is 9.44. The number of nitrogens with one attached hydrogen (secondary N) is 2. The van der Waals surface area contributed by atoms with Crippen LogP contribution in [-0.2, 0) is 14.8 Å². The second-order valence-corrected chi connectivity index (χ2v) is 11.1. The van der Waals surface area contributed by atoms with Crippen LogP contribution in [0, 0.1) is 17.7 Å². The molecule has 2 fully saturated rings. The van der Waals surface area contributed by atoms with Crippen LogP contribution in [-0.4, -0.2) is 59.0 Å². The molecule has 174 valence electrons. The first-order valence-corrected chi connectivity index (χ1v) is 12.8. The third-order valence-electron chi connectivity index (χ3n) is 6.16. The van der Waals surface area contributed by atoms with Crippen LogP contribution in [0.3, 0.4) is 0 Å². The van der Waals surface area contributed by atoms with Gasteiger partial charge in [0.1, 0.15) is 11.5 Å². The summed E-state index contributed by atoms with van der Waals surface area (Å²) in [5.74, 6) is 0.163. The number of amides is 1. The van der Waals surface area contributed by atoms with E-state index >= 15 is 0 Å². The Labute approximate surface area is 192 Å². The van der Waals surface area contributed by atoms with E-state index < -0.39 is 15.8 Å². The number of hydrogen-bond donors (Lipinski definition) is 2. The molecule has 1 saturated carbocycles. The van der Waals surface area contributed by atoms with Gasteiger partial charge in [0, 0.05) is 32.0 Å². The fourth-order valence-electron chi connectivity index (χ4n) is 4.06. The van der Waals surface area contributed by atoms with E-state index in [1.807, 2.05) is 6.92 Å². The van der Waals surface area contributed by atoms with Gasteiger partial charge in [-0.2, -0.15) is 0 Å². The van der Waals surface area contributed by atoms with Gasteiger partial charge in [0.2, 0.25) is 15.9 Å². The van der Waals surface area contributed by atoms with E-state index in [0.717, 1.165) is 24.7 Å². The van der Waals surface area contributed by atoms with Crippen molar-refractivity contribution in [2.75, 3.05) is 25.4 Å². The molecule has 2 aliphatic rings. The number of piperidine rings is 1. The quantitative estimate of drug-likeness (QED) is 0.600. The van der Waals surface area contributed by atoms with Crippen molar-refractivity contribution in [3.63, 3.8) is 0 Å². The number of imidazole rings is 1. The van der Waals surface area contributed by atoms with E-state index in [1.54, 1.807) is 0 Å². The highest BCUT2D eigenvalue weighted by Gasteiger charge is 2.35. The molecule has 2 atom stereocenters. The van der Waals surface area contributed by atoms with Gasteiger partial charge in [-0.15, -0.1) is 0 Å². The summed E-state index contributed by atoms with van der Waals surface area (Å²) < 4.78 is 40.2. The lowest BCUT2D eigenvalue weighted by atomic mass is 9.86. The highest BCUT2D eigenvalue weighted by Crippen LogP contribution is 2.37. The van der Waals surface area contributed by atoms with Crippen LogP contribution < -0.4 is 5.32 Å². The summed E-state index contributed by atoms with van der Waals surface area (Å²) in [6.07, 6.45) is 3.93. The summed E-state index contributed by atoms with van der Waals surface area (Å²) in [7, 11) is -3.52. The average molecular weight is 484 g/mol. The number of rotatable bonds is 8. The maximum Gasteiger partial charge on any atom is 0.221 e. The van der Waals surface area contributed by atoms with E-state index in [2.05, 4.69) is 20.3 Å². The predicted octanol–water partition coefficient (Wildman–Crippen LogP) is 2.94. The molecular weight excluding hydrogens is 457 g/mol. The minimum atomic E-state index is -3.52.